The fraction of sp³-hybridized carbons (Fsp3) is 0.364. The van der Waals surface area contributed by atoms with E-state index in [-0.39, 0.29) is 0 Å². The molecule has 5 nitrogen and oxygen atoms in total. The van der Waals surface area contributed by atoms with Crippen LogP contribution in [0.5, 0.6) is 0 Å². The van der Waals surface area contributed by atoms with Gasteiger partial charge in [-0.05, 0) is 30.2 Å². The van der Waals surface area contributed by atoms with E-state index in [4.69, 9.17) is 11.6 Å². The predicted molar refractivity (Wildman–Crippen MR) is 116 cm³/mol. The highest BCUT2D eigenvalue weighted by atomic mass is 35.5. The third-order valence-electron chi connectivity index (χ3n) is 5.05. The number of halogens is 1. The summed E-state index contributed by atoms with van der Waals surface area (Å²) in [4.78, 5) is 17.5. The summed E-state index contributed by atoms with van der Waals surface area (Å²) in [6.07, 6.45) is 3.72. The number of pyridine rings is 1. The highest BCUT2D eigenvalue weighted by molar-refractivity contribution is 6.30. The second-order valence-corrected chi connectivity index (χ2v) is 8.18. The molecule has 1 N–H and O–H groups in total. The molecule has 28 heavy (non-hydrogen) atoms. The Morgan fingerprint density at radius 2 is 1.86 bits per heavy atom. The van der Waals surface area contributed by atoms with Crippen LogP contribution in [0.15, 0.2) is 48.8 Å². The van der Waals surface area contributed by atoms with E-state index in [1.54, 1.807) is 0 Å². The SMILES string of the molecule is CC(C)CN1CCN(c2cc(-c3ncc(-c4cccc(Cl)c4)[nH]3)ccn2)CC1. The Labute approximate surface area is 171 Å². The molecule has 146 valence electrons. The van der Waals surface area contributed by atoms with Crippen molar-refractivity contribution >= 4 is 17.4 Å². The van der Waals surface area contributed by atoms with Crippen LogP contribution in [0.4, 0.5) is 5.82 Å². The number of H-pyrrole nitrogens is 1. The van der Waals surface area contributed by atoms with Crippen LogP contribution in [-0.4, -0.2) is 52.6 Å². The number of anilines is 1. The molecule has 0 atom stereocenters. The van der Waals surface area contributed by atoms with Crippen molar-refractivity contribution in [2.24, 2.45) is 5.92 Å². The van der Waals surface area contributed by atoms with Gasteiger partial charge in [0.15, 0.2) is 0 Å². The smallest absolute Gasteiger partial charge is 0.137 e. The standard InChI is InChI=1S/C22H26ClN5/c1-16(2)15-27-8-10-28(11-9-27)21-13-18(6-7-24-21)22-25-14-20(26-22)17-4-3-5-19(23)12-17/h3-7,12-14,16H,8-11,15H2,1-2H3,(H,25,26). The molecule has 1 aliphatic rings. The Morgan fingerprint density at radius 3 is 2.61 bits per heavy atom. The number of aromatic nitrogens is 3. The second kappa shape index (κ2) is 8.33. The van der Waals surface area contributed by atoms with E-state index in [0.717, 1.165) is 59.7 Å². The maximum atomic E-state index is 6.11. The second-order valence-electron chi connectivity index (χ2n) is 7.74. The number of nitrogens with one attached hydrogen (secondary N) is 1. The lowest BCUT2D eigenvalue weighted by molar-refractivity contribution is 0.231. The zero-order valence-corrected chi connectivity index (χ0v) is 17.2. The summed E-state index contributed by atoms with van der Waals surface area (Å²) >= 11 is 6.11. The molecule has 3 heterocycles. The van der Waals surface area contributed by atoms with Gasteiger partial charge < -0.3 is 9.88 Å². The minimum absolute atomic E-state index is 0.709. The Morgan fingerprint density at radius 1 is 1.04 bits per heavy atom. The molecule has 0 spiro atoms. The molecule has 0 unspecified atom stereocenters. The Hall–Kier alpha value is -2.37. The Bertz CT molecular complexity index is 928. The normalized spacial score (nSPS) is 15.4. The van der Waals surface area contributed by atoms with E-state index in [1.165, 1.54) is 6.54 Å². The van der Waals surface area contributed by atoms with E-state index < -0.39 is 0 Å². The summed E-state index contributed by atoms with van der Waals surface area (Å²) in [5.74, 6) is 2.57. The zero-order valence-electron chi connectivity index (χ0n) is 16.4. The molecule has 1 saturated heterocycles. The van der Waals surface area contributed by atoms with Gasteiger partial charge in [-0.3, -0.25) is 4.90 Å². The molecule has 1 aliphatic heterocycles. The van der Waals surface area contributed by atoms with Crippen molar-refractivity contribution in [1.82, 2.24) is 19.9 Å². The molecule has 1 fully saturated rings. The molecule has 0 amide bonds. The van der Waals surface area contributed by atoms with Crippen LogP contribution in [0.3, 0.4) is 0 Å². The van der Waals surface area contributed by atoms with Gasteiger partial charge in [-0.2, -0.15) is 0 Å². The molecule has 3 aromatic rings. The number of aromatic amines is 1. The van der Waals surface area contributed by atoms with Crippen LogP contribution < -0.4 is 4.90 Å². The minimum Gasteiger partial charge on any atom is -0.354 e. The van der Waals surface area contributed by atoms with Crippen molar-refractivity contribution in [1.29, 1.82) is 0 Å². The van der Waals surface area contributed by atoms with Crippen molar-refractivity contribution < 1.29 is 0 Å². The average molecular weight is 396 g/mol. The number of imidazole rings is 1. The molecule has 4 rings (SSSR count). The zero-order chi connectivity index (χ0) is 19.5. The van der Waals surface area contributed by atoms with Gasteiger partial charge in [-0.25, -0.2) is 9.97 Å². The maximum Gasteiger partial charge on any atom is 0.137 e. The topological polar surface area (TPSA) is 48.0 Å². The fourth-order valence-corrected chi connectivity index (χ4v) is 3.88. The van der Waals surface area contributed by atoms with Gasteiger partial charge in [0.05, 0.1) is 11.9 Å². The molecule has 0 aliphatic carbocycles. The monoisotopic (exact) mass is 395 g/mol. The number of piperazine rings is 1. The van der Waals surface area contributed by atoms with Crippen LogP contribution in [0.25, 0.3) is 22.6 Å². The lowest BCUT2D eigenvalue weighted by Crippen LogP contribution is -2.47. The molecule has 2 aromatic heterocycles. The van der Waals surface area contributed by atoms with Gasteiger partial charge in [0, 0.05) is 55.1 Å². The molecule has 1 aromatic carbocycles. The highest BCUT2D eigenvalue weighted by Gasteiger charge is 2.19. The van der Waals surface area contributed by atoms with E-state index in [9.17, 15) is 0 Å². The number of benzene rings is 1. The van der Waals surface area contributed by atoms with Crippen molar-refractivity contribution in [3.63, 3.8) is 0 Å². The maximum absolute atomic E-state index is 6.11. The molecule has 0 bridgehead atoms. The van der Waals surface area contributed by atoms with E-state index in [2.05, 4.69) is 44.7 Å². The van der Waals surface area contributed by atoms with E-state index in [1.807, 2.05) is 42.7 Å². The Kier molecular flexibility index (Phi) is 5.64. The van der Waals surface area contributed by atoms with Crippen molar-refractivity contribution in [3.05, 3.63) is 53.8 Å². The van der Waals surface area contributed by atoms with Crippen molar-refractivity contribution in [2.75, 3.05) is 37.6 Å². The van der Waals surface area contributed by atoms with Crippen LogP contribution in [0.2, 0.25) is 5.02 Å². The fourth-order valence-electron chi connectivity index (χ4n) is 3.69. The van der Waals surface area contributed by atoms with Crippen LogP contribution in [0, 0.1) is 5.92 Å². The average Bonchev–Trinajstić information content (AvgIpc) is 3.19. The van der Waals surface area contributed by atoms with Crippen molar-refractivity contribution in [3.8, 4) is 22.6 Å². The van der Waals surface area contributed by atoms with Gasteiger partial charge >= 0.3 is 0 Å². The predicted octanol–water partition coefficient (Wildman–Crippen LogP) is 4.57. The molecular weight excluding hydrogens is 370 g/mol. The lowest BCUT2D eigenvalue weighted by atomic mass is 10.2. The van der Waals surface area contributed by atoms with Gasteiger partial charge in [0.2, 0.25) is 0 Å². The first-order valence-electron chi connectivity index (χ1n) is 9.83. The first-order chi connectivity index (χ1) is 13.6. The third kappa shape index (κ3) is 4.37. The van der Waals surface area contributed by atoms with Gasteiger partial charge in [-0.15, -0.1) is 0 Å². The summed E-state index contributed by atoms with van der Waals surface area (Å²) < 4.78 is 0. The lowest BCUT2D eigenvalue weighted by Gasteiger charge is -2.36. The van der Waals surface area contributed by atoms with Gasteiger partial charge in [-0.1, -0.05) is 37.6 Å². The Balaban J connectivity index is 1.49. The van der Waals surface area contributed by atoms with Gasteiger partial charge in [0.25, 0.3) is 0 Å². The highest BCUT2D eigenvalue weighted by Crippen LogP contribution is 2.26. The summed E-state index contributed by atoms with van der Waals surface area (Å²) in [6.45, 7) is 9.91. The molecular formula is C22H26ClN5. The van der Waals surface area contributed by atoms with Gasteiger partial charge in [0.1, 0.15) is 11.6 Å². The minimum atomic E-state index is 0.709. The number of hydrogen-bond donors (Lipinski definition) is 1. The summed E-state index contributed by atoms with van der Waals surface area (Å²) in [5.41, 5.74) is 3.03. The molecule has 6 heteroatoms. The summed E-state index contributed by atoms with van der Waals surface area (Å²) in [6, 6.07) is 11.9. The van der Waals surface area contributed by atoms with Crippen LogP contribution in [0.1, 0.15) is 13.8 Å². The van der Waals surface area contributed by atoms with Crippen LogP contribution >= 0.6 is 11.6 Å². The van der Waals surface area contributed by atoms with Crippen molar-refractivity contribution in [2.45, 2.75) is 13.8 Å². The largest absolute Gasteiger partial charge is 0.354 e. The number of hydrogen-bond acceptors (Lipinski definition) is 4. The van der Waals surface area contributed by atoms with Crippen LogP contribution in [-0.2, 0) is 0 Å². The molecule has 0 radical (unpaired) electrons. The number of rotatable bonds is 5. The number of nitrogens with zero attached hydrogens (tertiary/aromatic N) is 4. The van der Waals surface area contributed by atoms with E-state index >= 15 is 0 Å². The first kappa shape index (κ1) is 19.0. The third-order valence-corrected chi connectivity index (χ3v) is 5.29. The first-order valence-corrected chi connectivity index (χ1v) is 10.2. The molecule has 0 saturated carbocycles. The summed E-state index contributed by atoms with van der Waals surface area (Å²) in [5, 5.41) is 0.719. The summed E-state index contributed by atoms with van der Waals surface area (Å²) in [7, 11) is 0. The quantitative estimate of drug-likeness (QED) is 0.687. The van der Waals surface area contributed by atoms with E-state index in [0.29, 0.717) is 5.92 Å².